The average molecular weight is 765 g/mol. The van der Waals surface area contributed by atoms with Gasteiger partial charge in [0, 0.05) is 65.8 Å². The Hall–Kier alpha value is -5.48. The normalized spacial score (nSPS) is 17.9. The smallest absolute Gasteiger partial charge is 0.306 e. The number of methoxy groups -OCH3 is 2. The fourth-order valence-electron chi connectivity index (χ4n) is 7.67. The Balaban J connectivity index is 1.13. The zero-order valence-electron chi connectivity index (χ0n) is 30.9. The number of carbonyl (C=O) groups excluding carboxylic acids is 1. The topological polar surface area (TPSA) is 142 Å². The largest absolute Gasteiger partial charge is 0.496 e. The second-order valence-electron chi connectivity index (χ2n) is 14.3. The fourth-order valence-corrected chi connectivity index (χ4v) is 8.01. The van der Waals surface area contributed by atoms with Crippen LogP contribution in [0, 0.1) is 23.1 Å². The highest BCUT2D eigenvalue weighted by Crippen LogP contribution is 2.41. The quantitative estimate of drug-likeness (QED) is 0.112. The third-order valence-electron chi connectivity index (χ3n) is 10.9. The molecule has 1 saturated carbocycles. The maximum absolute atomic E-state index is 15.7. The minimum absolute atomic E-state index is 0.0250. The van der Waals surface area contributed by atoms with E-state index in [-0.39, 0.29) is 30.5 Å². The molecule has 4 aromatic carbocycles. The number of carboxylic acid groups (broad SMARTS) is 1. The molecule has 2 heterocycles. The van der Waals surface area contributed by atoms with Gasteiger partial charge in [0.15, 0.2) is 0 Å². The van der Waals surface area contributed by atoms with E-state index < -0.39 is 11.8 Å². The van der Waals surface area contributed by atoms with Gasteiger partial charge in [0.25, 0.3) is 0 Å². The zero-order chi connectivity index (χ0) is 38.8. The minimum Gasteiger partial charge on any atom is -0.496 e. The van der Waals surface area contributed by atoms with Crippen LogP contribution in [-0.4, -0.2) is 71.6 Å². The van der Waals surface area contributed by atoms with Crippen LogP contribution in [0.3, 0.4) is 0 Å². The summed E-state index contributed by atoms with van der Waals surface area (Å²) in [5.41, 5.74) is 6.14. The molecule has 1 aromatic heterocycles. The monoisotopic (exact) mass is 764 g/mol. The number of halogens is 2. The van der Waals surface area contributed by atoms with E-state index in [0.29, 0.717) is 77.7 Å². The lowest BCUT2D eigenvalue weighted by molar-refractivity contribution is -0.146. The molecule has 11 nitrogen and oxygen atoms in total. The lowest BCUT2D eigenvalue weighted by Crippen LogP contribution is -2.44. The van der Waals surface area contributed by atoms with Gasteiger partial charge in [0.2, 0.25) is 5.91 Å². The summed E-state index contributed by atoms with van der Waals surface area (Å²) in [6.45, 7) is 1.60. The highest BCUT2D eigenvalue weighted by atomic mass is 35.5. The van der Waals surface area contributed by atoms with Gasteiger partial charge in [-0.15, -0.1) is 0 Å². The zero-order valence-corrected chi connectivity index (χ0v) is 31.6. The molecule has 0 spiro atoms. The summed E-state index contributed by atoms with van der Waals surface area (Å²) in [4.78, 5) is 25.0. The van der Waals surface area contributed by atoms with Crippen LogP contribution in [0.25, 0.3) is 33.2 Å². The third kappa shape index (κ3) is 7.73. The minimum atomic E-state index is -0.758. The van der Waals surface area contributed by atoms with Crippen LogP contribution in [0.1, 0.15) is 47.9 Å². The van der Waals surface area contributed by atoms with Crippen molar-refractivity contribution in [3.8, 4) is 39.8 Å². The number of nitrogens with zero attached hydrogens (tertiary/aromatic N) is 4. The number of nitriles is 1. The Morgan fingerprint density at radius 3 is 2.55 bits per heavy atom. The predicted octanol–water partition coefficient (Wildman–Crippen LogP) is 6.76. The highest BCUT2D eigenvalue weighted by molar-refractivity contribution is 6.36. The van der Waals surface area contributed by atoms with Crippen molar-refractivity contribution in [2.75, 3.05) is 27.8 Å². The maximum Gasteiger partial charge on any atom is 0.306 e. The third-order valence-corrected chi connectivity index (χ3v) is 11.3. The number of amides is 1. The van der Waals surface area contributed by atoms with Crippen molar-refractivity contribution in [1.82, 2.24) is 25.3 Å². The van der Waals surface area contributed by atoms with Gasteiger partial charge in [-0.05, 0) is 73.3 Å². The fraction of sp³-hybridized carbons (Fsp3) is 0.333. The number of hydrogen-bond donors (Lipinski definition) is 3. The van der Waals surface area contributed by atoms with Gasteiger partial charge in [-0.2, -0.15) is 10.4 Å². The van der Waals surface area contributed by atoms with Crippen molar-refractivity contribution >= 4 is 34.4 Å². The molecule has 55 heavy (non-hydrogen) atoms. The molecule has 0 bridgehead atoms. The number of hydrogen-bond acceptors (Lipinski definition) is 8. The number of rotatable bonds is 14. The number of nitrogens with one attached hydrogen (secondary N) is 2. The summed E-state index contributed by atoms with van der Waals surface area (Å²) in [7, 11) is 5.07. The molecule has 1 atom stereocenters. The van der Waals surface area contributed by atoms with E-state index in [1.54, 1.807) is 19.4 Å². The Bertz CT molecular complexity index is 2320. The molecule has 0 unspecified atom stereocenters. The van der Waals surface area contributed by atoms with Crippen LogP contribution in [0.2, 0.25) is 5.02 Å². The van der Waals surface area contributed by atoms with Gasteiger partial charge < -0.3 is 25.2 Å². The molecule has 2 fully saturated rings. The number of ether oxygens (including phenoxy) is 2. The first-order chi connectivity index (χ1) is 26.6. The highest BCUT2D eigenvalue weighted by Gasteiger charge is 2.37. The van der Waals surface area contributed by atoms with Crippen molar-refractivity contribution in [3.05, 3.63) is 100.0 Å². The molecule has 7 rings (SSSR count). The Morgan fingerprint density at radius 1 is 1.09 bits per heavy atom. The Labute approximate surface area is 323 Å². The van der Waals surface area contributed by atoms with E-state index in [1.807, 2.05) is 60.3 Å². The van der Waals surface area contributed by atoms with Gasteiger partial charge in [-0.1, -0.05) is 41.9 Å². The van der Waals surface area contributed by atoms with Crippen LogP contribution in [0.4, 0.5) is 4.39 Å². The van der Waals surface area contributed by atoms with Crippen molar-refractivity contribution in [3.63, 3.8) is 0 Å². The average Bonchev–Trinajstić information content (AvgIpc) is 3.77. The van der Waals surface area contributed by atoms with E-state index in [0.717, 1.165) is 39.6 Å². The van der Waals surface area contributed by atoms with Crippen LogP contribution in [0.5, 0.6) is 11.5 Å². The van der Waals surface area contributed by atoms with E-state index in [1.165, 1.54) is 13.2 Å². The van der Waals surface area contributed by atoms with Gasteiger partial charge in [-0.25, -0.2) is 4.39 Å². The summed E-state index contributed by atoms with van der Waals surface area (Å²) in [5.74, 6) is -0.426. The second kappa shape index (κ2) is 16.1. The second-order valence-corrected chi connectivity index (χ2v) is 14.7. The van der Waals surface area contributed by atoms with E-state index >= 15 is 4.39 Å². The first-order valence-corrected chi connectivity index (χ1v) is 18.6. The van der Waals surface area contributed by atoms with Crippen LogP contribution in [-0.2, 0) is 29.2 Å². The Morgan fingerprint density at radius 2 is 1.84 bits per heavy atom. The SMILES string of the molecule is COc1cc(Cn2ncc3c(-c4cccc(-c5cc(F)c(CNC[C@@H]6CCC(=O)N6)c(OC)c5)c4Cl)cccc32)c(C#N)cc1CN(C)C1CC(C(=O)O)C1. The molecular weight excluding hydrogens is 723 g/mol. The molecule has 1 saturated heterocycles. The molecular formula is C42H42ClFN6O5. The molecule has 13 heteroatoms. The summed E-state index contributed by atoms with van der Waals surface area (Å²) >= 11 is 7.13. The number of aliphatic carboxylic acids is 1. The predicted molar refractivity (Wildman–Crippen MR) is 207 cm³/mol. The molecule has 1 aliphatic carbocycles. The summed E-state index contributed by atoms with van der Waals surface area (Å²) < 4.78 is 28.9. The first kappa shape index (κ1) is 37.8. The van der Waals surface area contributed by atoms with E-state index in [2.05, 4.69) is 21.6 Å². The number of benzene rings is 4. The van der Waals surface area contributed by atoms with Crippen LogP contribution in [0.15, 0.2) is 66.9 Å². The first-order valence-electron chi connectivity index (χ1n) is 18.2. The molecule has 284 valence electrons. The molecule has 3 N–H and O–H groups in total. The van der Waals surface area contributed by atoms with Crippen molar-refractivity contribution in [1.29, 1.82) is 5.26 Å². The molecule has 1 amide bonds. The summed E-state index contributed by atoms with van der Waals surface area (Å²) in [5, 5.41) is 31.6. The number of carbonyl (C=O) groups is 2. The number of aromatic nitrogens is 2. The van der Waals surface area contributed by atoms with Crippen LogP contribution >= 0.6 is 11.6 Å². The summed E-state index contributed by atoms with van der Waals surface area (Å²) in [6, 6.07) is 21.0. The van der Waals surface area contributed by atoms with Crippen molar-refractivity contribution < 1.29 is 28.6 Å². The lowest BCUT2D eigenvalue weighted by Gasteiger charge is -2.39. The molecule has 1 aliphatic heterocycles. The number of carboxylic acids is 1. The Kier molecular flexibility index (Phi) is 11.1. The van der Waals surface area contributed by atoms with Crippen molar-refractivity contribution in [2.45, 2.75) is 57.4 Å². The standard InChI is InChI=1S/C42H42ClFN6O5/c1-49(30-13-25(14-30)42(52)53)22-28-12-26(18-45)27(17-38(28)54-2)23-50-37-9-5-7-32(34(37)21-47-50)33-8-4-6-31(41(33)43)24-15-36(44)35(39(16-24)55-3)20-46-19-29-10-11-40(51)48-29/h4-9,12,15-17,21,25,29-30,46H,10-11,13-14,19-20,22-23H2,1-3H3,(H,48,51)(H,52,53)/t25?,29-,30?/m0/s1. The number of fused-ring (bicyclic) bond motifs is 1. The molecule has 5 aromatic rings. The maximum atomic E-state index is 15.7. The van der Waals surface area contributed by atoms with Gasteiger partial charge in [-0.3, -0.25) is 19.2 Å². The van der Waals surface area contributed by atoms with E-state index in [4.69, 9.17) is 26.2 Å². The van der Waals surface area contributed by atoms with Gasteiger partial charge in [0.05, 0.1) is 55.1 Å². The lowest BCUT2D eigenvalue weighted by atomic mass is 9.79. The molecule has 0 radical (unpaired) electrons. The van der Waals surface area contributed by atoms with E-state index in [9.17, 15) is 20.0 Å². The van der Waals surface area contributed by atoms with Gasteiger partial charge in [0.1, 0.15) is 17.3 Å². The van der Waals surface area contributed by atoms with Crippen LogP contribution < -0.4 is 20.1 Å². The summed E-state index contributed by atoms with van der Waals surface area (Å²) in [6.07, 6.45) is 4.24. The molecule has 2 aliphatic rings. The van der Waals surface area contributed by atoms with Gasteiger partial charge >= 0.3 is 5.97 Å². The van der Waals surface area contributed by atoms with Crippen molar-refractivity contribution in [2.24, 2.45) is 5.92 Å².